The van der Waals surface area contributed by atoms with Gasteiger partial charge in [-0.2, -0.15) is 0 Å². The summed E-state index contributed by atoms with van der Waals surface area (Å²) in [5.41, 5.74) is 8.72. The van der Waals surface area contributed by atoms with Gasteiger partial charge in [0.05, 0.1) is 0 Å². The summed E-state index contributed by atoms with van der Waals surface area (Å²) in [4.78, 5) is 59.9. The minimum Gasteiger partial charge on any atom is -0.477 e. The van der Waals surface area contributed by atoms with E-state index in [1.807, 2.05) is 93.6 Å². The summed E-state index contributed by atoms with van der Waals surface area (Å²) in [7, 11) is 1.85. The quantitative estimate of drug-likeness (QED) is 0.108. The summed E-state index contributed by atoms with van der Waals surface area (Å²) >= 11 is 17.1. The third-order valence-electron chi connectivity index (χ3n) is 8.89. The number of carboxylic acid groups (broad SMARTS) is 1. The normalized spacial score (nSPS) is 10.5. The first-order chi connectivity index (χ1) is 31.6. The molecule has 0 atom stereocenters. The molecule has 0 bridgehead atoms. The molecule has 15 nitrogen and oxygen atoms in total. The minimum atomic E-state index is -1.01. The summed E-state index contributed by atoms with van der Waals surface area (Å²) in [6.07, 6.45) is 1.58. The van der Waals surface area contributed by atoms with E-state index in [1.165, 1.54) is 6.07 Å². The van der Waals surface area contributed by atoms with E-state index < -0.39 is 5.97 Å². The van der Waals surface area contributed by atoms with Gasteiger partial charge in [-0.05, 0) is 113 Å². The van der Waals surface area contributed by atoms with Gasteiger partial charge in [-0.25, -0.2) is 64.6 Å². The van der Waals surface area contributed by atoms with Gasteiger partial charge in [0.2, 0.25) is 10.6 Å². The van der Waals surface area contributed by atoms with E-state index in [0.717, 1.165) is 63.0 Å². The summed E-state index contributed by atoms with van der Waals surface area (Å²) < 4.78 is 0. The predicted molar refractivity (Wildman–Crippen MR) is 277 cm³/mol. The second-order valence-corrected chi connectivity index (χ2v) is 18.7. The number of hydrogen-bond acceptors (Lipinski definition) is 14. The highest BCUT2D eigenvalue weighted by atomic mass is 35.5. The van der Waals surface area contributed by atoms with Crippen LogP contribution in [0.25, 0.3) is 0 Å². The Labute approximate surface area is 419 Å². The van der Waals surface area contributed by atoms with E-state index >= 15 is 0 Å². The van der Waals surface area contributed by atoms with Gasteiger partial charge in [0.1, 0.15) is 34.8 Å². The first-order valence-electron chi connectivity index (χ1n) is 22.6. The molecule has 0 aliphatic carbocycles. The van der Waals surface area contributed by atoms with Gasteiger partial charge >= 0.3 is 5.97 Å². The molecule has 6 heterocycles. The van der Waals surface area contributed by atoms with Crippen LogP contribution < -0.4 is 5.32 Å². The molecular weight excluding hydrogens is 921 g/mol. The molecule has 0 amide bonds. The van der Waals surface area contributed by atoms with Crippen molar-refractivity contribution in [3.63, 3.8) is 0 Å². The lowest BCUT2D eigenvalue weighted by molar-refractivity contribution is 0.0689. The van der Waals surface area contributed by atoms with Crippen molar-refractivity contribution in [2.45, 2.75) is 160 Å². The maximum Gasteiger partial charge on any atom is 0.354 e. The monoisotopic (exact) mass is 991 g/mol. The van der Waals surface area contributed by atoms with Crippen LogP contribution in [-0.4, -0.2) is 77.9 Å². The Kier molecular flexibility index (Phi) is 26.9. The Balaban J connectivity index is 0.000000408. The van der Waals surface area contributed by atoms with Crippen molar-refractivity contribution in [2.75, 3.05) is 12.4 Å². The van der Waals surface area contributed by atoms with Crippen LogP contribution in [0.4, 0.5) is 5.82 Å². The zero-order valence-corrected chi connectivity index (χ0v) is 45.6. The molecule has 6 rings (SSSR count). The Morgan fingerprint density at radius 3 is 1.16 bits per heavy atom. The van der Waals surface area contributed by atoms with Crippen molar-refractivity contribution in [3.05, 3.63) is 133 Å². The number of carboxylic acids is 1. The molecule has 0 fully saturated rings. The van der Waals surface area contributed by atoms with Gasteiger partial charge in [0, 0.05) is 82.1 Å². The molecule has 18 heteroatoms. The zero-order chi connectivity index (χ0) is 52.0. The lowest BCUT2D eigenvalue weighted by Gasteiger charge is -2.05. The van der Waals surface area contributed by atoms with Crippen LogP contribution in [0, 0.1) is 41.5 Å². The van der Waals surface area contributed by atoms with Crippen LogP contribution in [-0.2, 0) is 0 Å². The lowest BCUT2D eigenvalue weighted by Crippen LogP contribution is -2.07. The number of aromatic nitrogens is 12. The van der Waals surface area contributed by atoms with Crippen molar-refractivity contribution in [3.8, 4) is 0 Å². The largest absolute Gasteiger partial charge is 0.477 e. The molecule has 6 aromatic rings. The van der Waals surface area contributed by atoms with Crippen molar-refractivity contribution in [2.24, 2.45) is 0 Å². The Bertz CT molecular complexity index is 2180. The van der Waals surface area contributed by atoms with Gasteiger partial charge < -0.3 is 10.4 Å². The minimum absolute atomic E-state index is 0.0659. The van der Waals surface area contributed by atoms with Crippen LogP contribution in [0.1, 0.15) is 198 Å². The third kappa shape index (κ3) is 24.1. The summed E-state index contributed by atoms with van der Waals surface area (Å²) in [5.74, 6) is 4.42. The number of halogens is 3. The van der Waals surface area contributed by atoms with Crippen LogP contribution in [0.5, 0.6) is 0 Å². The van der Waals surface area contributed by atoms with Crippen molar-refractivity contribution in [1.29, 1.82) is 0 Å². The molecule has 0 saturated heterocycles. The lowest BCUT2D eigenvalue weighted by atomic mass is 10.1. The van der Waals surface area contributed by atoms with Gasteiger partial charge in [-0.1, -0.05) is 94.7 Å². The number of aromatic carboxylic acids is 1. The first kappa shape index (κ1) is 60.6. The van der Waals surface area contributed by atoms with E-state index in [4.69, 9.17) is 39.9 Å². The SMILES string of the molecule is CNc1cc(C(C)C)ncn1.Cc1cc(C(=O)O)nc(C(C)C)n1.Cc1cc(C(C)C)nc(Cl)n1.Cc1cc(C(C)C)nc(Cl)n1.Cc1cc(C)nc(C(C)C)n1.Cc1cc(Cl)nc(C(C)C)n1. The average Bonchev–Trinajstić information content (AvgIpc) is 3.23. The zero-order valence-electron chi connectivity index (χ0n) is 43.4. The number of nitrogens with one attached hydrogen (secondary N) is 1. The Morgan fingerprint density at radius 1 is 0.441 bits per heavy atom. The molecule has 0 aliphatic rings. The molecule has 0 aliphatic heterocycles. The van der Waals surface area contributed by atoms with Gasteiger partial charge in [0.15, 0.2) is 5.69 Å². The topological polar surface area (TPSA) is 204 Å². The highest BCUT2D eigenvalue weighted by Gasteiger charge is 2.11. The van der Waals surface area contributed by atoms with Crippen molar-refractivity contribution < 1.29 is 9.90 Å². The molecule has 6 aromatic heterocycles. The third-order valence-corrected chi connectivity index (χ3v) is 9.42. The standard InChI is InChI=1S/C9H12N2O2.C9H14N2.3C8H11ClN2.C8H13N3/c1-5(2)8-10-6(3)4-7(11-8)9(12)13;1-6(2)9-10-7(3)5-8(4)11-9;1-5(2)8-10-6(3)4-7(9)11-8;2*1-5(2)7-4-6(3)10-8(9)11-7;1-6(2)7-4-8(9-3)11-5-10-7/h4-5H,1-3H3,(H,12,13);5-6H,1-4H3;3*4-5H,1-3H3;4-6H,1-3H3,(H,9,10,11). The fourth-order valence-corrected chi connectivity index (χ4v) is 6.01. The van der Waals surface area contributed by atoms with E-state index in [-0.39, 0.29) is 11.6 Å². The maximum atomic E-state index is 10.6. The van der Waals surface area contributed by atoms with Crippen LogP contribution >= 0.6 is 34.8 Å². The van der Waals surface area contributed by atoms with Crippen molar-refractivity contribution in [1.82, 2.24) is 59.8 Å². The number of nitrogens with zero attached hydrogens (tertiary/aromatic N) is 12. The fraction of sp³-hybridized carbons (Fsp3) is 0.500. The maximum absolute atomic E-state index is 10.6. The smallest absolute Gasteiger partial charge is 0.354 e. The summed E-state index contributed by atoms with van der Waals surface area (Å²) in [6.45, 7) is 36.2. The first-order valence-corrected chi connectivity index (χ1v) is 23.7. The van der Waals surface area contributed by atoms with Crippen molar-refractivity contribution >= 4 is 46.6 Å². The predicted octanol–water partition coefficient (Wildman–Crippen LogP) is 13.2. The van der Waals surface area contributed by atoms with E-state index in [9.17, 15) is 4.79 Å². The van der Waals surface area contributed by atoms with Crippen LogP contribution in [0.3, 0.4) is 0 Å². The second-order valence-electron chi connectivity index (χ2n) is 17.7. The molecule has 68 heavy (non-hydrogen) atoms. The number of anilines is 1. The van der Waals surface area contributed by atoms with Gasteiger partial charge in [-0.15, -0.1) is 0 Å². The van der Waals surface area contributed by atoms with E-state index in [2.05, 4.69) is 121 Å². The summed E-state index contributed by atoms with van der Waals surface area (Å²) in [5, 5.41) is 12.9. The fourth-order valence-electron chi connectivity index (χ4n) is 5.31. The highest BCUT2D eigenvalue weighted by molar-refractivity contribution is 6.29. The van der Waals surface area contributed by atoms with Gasteiger partial charge in [-0.3, -0.25) is 0 Å². The molecule has 0 unspecified atom stereocenters. The molecule has 0 saturated carbocycles. The second kappa shape index (κ2) is 30.2. The molecule has 370 valence electrons. The van der Waals surface area contributed by atoms with E-state index in [1.54, 1.807) is 19.3 Å². The Morgan fingerprint density at radius 2 is 0.809 bits per heavy atom. The van der Waals surface area contributed by atoms with Gasteiger partial charge in [0.25, 0.3) is 0 Å². The molecular formula is C50H72Cl3N13O2. The van der Waals surface area contributed by atoms with E-state index in [0.29, 0.717) is 56.8 Å². The number of carbonyl (C=O) groups is 1. The number of aryl methyl sites for hydroxylation is 6. The van der Waals surface area contributed by atoms with Crippen LogP contribution in [0.15, 0.2) is 42.7 Å². The Hall–Kier alpha value is -5.38. The number of hydrogen-bond donors (Lipinski definition) is 2. The number of rotatable bonds is 8. The molecule has 0 aromatic carbocycles. The highest BCUT2D eigenvalue weighted by Crippen LogP contribution is 2.17. The molecule has 0 radical (unpaired) electrons. The molecule has 2 N–H and O–H groups in total. The average molecular weight is 994 g/mol. The molecule has 0 spiro atoms. The van der Waals surface area contributed by atoms with Crippen LogP contribution in [0.2, 0.25) is 15.7 Å². The summed E-state index contributed by atoms with van der Waals surface area (Å²) in [6, 6.07) is 11.1.